The van der Waals surface area contributed by atoms with Crippen LogP contribution in [0.1, 0.15) is 0 Å². The summed E-state index contributed by atoms with van der Waals surface area (Å²) in [5, 5.41) is 13.8. The molecule has 0 atom stereocenters. The molecule has 0 spiro atoms. The van der Waals surface area contributed by atoms with E-state index in [1.165, 1.54) is 4.80 Å². The second-order valence-corrected chi connectivity index (χ2v) is 6.20. The molecule has 25 heavy (non-hydrogen) atoms. The average molecular weight is 368 g/mol. The Morgan fingerprint density at radius 3 is 2.40 bits per heavy atom. The van der Waals surface area contributed by atoms with Gasteiger partial charge in [0.15, 0.2) is 0 Å². The fourth-order valence-electron chi connectivity index (χ4n) is 2.45. The number of pyridine rings is 1. The molecule has 0 radical (unpaired) electrons. The highest BCUT2D eigenvalue weighted by Gasteiger charge is 2.09. The fraction of sp³-hybridized carbons (Fsp3) is 0. The zero-order valence-corrected chi connectivity index (χ0v) is 14.4. The van der Waals surface area contributed by atoms with Crippen molar-refractivity contribution in [1.29, 1.82) is 0 Å². The molecule has 0 aliphatic rings. The highest BCUT2D eigenvalue weighted by Crippen LogP contribution is 2.28. The molecule has 0 aliphatic carbocycles. The number of benzene rings is 2. The first kappa shape index (κ1) is 15.7. The molecule has 5 nitrogen and oxygen atoms in total. The van der Waals surface area contributed by atoms with Crippen LogP contribution in [0.15, 0.2) is 66.9 Å². The van der Waals surface area contributed by atoms with Crippen LogP contribution in [0.5, 0.6) is 0 Å². The minimum atomic E-state index is 0.469. The molecule has 0 N–H and O–H groups in total. The summed E-state index contributed by atoms with van der Waals surface area (Å²) in [5.74, 6) is 0.469. The third-order valence-corrected chi connectivity index (χ3v) is 4.02. The molecular weight excluding hydrogens is 357 g/mol. The molecule has 0 bridgehead atoms. The first-order valence-electron chi connectivity index (χ1n) is 7.47. The van der Waals surface area contributed by atoms with Crippen LogP contribution < -0.4 is 0 Å². The number of aromatic nitrogens is 5. The van der Waals surface area contributed by atoms with E-state index < -0.39 is 0 Å². The lowest BCUT2D eigenvalue weighted by Gasteiger charge is -2.06. The van der Waals surface area contributed by atoms with Gasteiger partial charge in [0.05, 0.1) is 5.69 Å². The van der Waals surface area contributed by atoms with Crippen molar-refractivity contribution in [3.8, 4) is 28.3 Å². The Kier molecular flexibility index (Phi) is 4.17. The van der Waals surface area contributed by atoms with Crippen molar-refractivity contribution in [3.05, 3.63) is 76.9 Å². The number of nitrogens with zero attached hydrogens (tertiary/aromatic N) is 5. The van der Waals surface area contributed by atoms with Crippen molar-refractivity contribution in [2.75, 3.05) is 0 Å². The quantitative estimate of drug-likeness (QED) is 0.526. The van der Waals surface area contributed by atoms with Crippen LogP contribution in [0.3, 0.4) is 0 Å². The van der Waals surface area contributed by atoms with Gasteiger partial charge in [0.25, 0.3) is 0 Å². The lowest BCUT2D eigenvalue weighted by Crippen LogP contribution is -1.99. The van der Waals surface area contributed by atoms with E-state index in [9.17, 15) is 0 Å². The largest absolute Gasteiger partial charge is 0.253 e. The van der Waals surface area contributed by atoms with Crippen molar-refractivity contribution < 1.29 is 0 Å². The first-order valence-corrected chi connectivity index (χ1v) is 8.23. The maximum absolute atomic E-state index is 6.10. The molecule has 2 aromatic heterocycles. The molecule has 0 fully saturated rings. The van der Waals surface area contributed by atoms with E-state index in [4.69, 9.17) is 23.2 Å². The number of hydrogen-bond acceptors (Lipinski definition) is 4. The number of halogens is 2. The third-order valence-electron chi connectivity index (χ3n) is 3.58. The van der Waals surface area contributed by atoms with Gasteiger partial charge in [-0.15, -0.1) is 15.0 Å². The smallest absolute Gasteiger partial charge is 0.223 e. The molecule has 4 aromatic rings. The normalized spacial score (nSPS) is 10.8. The lowest BCUT2D eigenvalue weighted by atomic mass is 10.1. The highest BCUT2D eigenvalue weighted by atomic mass is 35.5. The van der Waals surface area contributed by atoms with E-state index >= 15 is 0 Å². The minimum Gasteiger partial charge on any atom is -0.253 e. The summed E-state index contributed by atoms with van der Waals surface area (Å²) in [6.45, 7) is 0. The van der Waals surface area contributed by atoms with Gasteiger partial charge in [0.1, 0.15) is 5.69 Å². The zero-order chi connectivity index (χ0) is 17.2. The predicted octanol–water partition coefficient (Wildman–Crippen LogP) is 4.70. The van der Waals surface area contributed by atoms with Crippen LogP contribution in [0, 0.1) is 0 Å². The number of rotatable bonds is 3. The molecule has 0 unspecified atom stereocenters. The van der Waals surface area contributed by atoms with Crippen LogP contribution in [0.25, 0.3) is 28.3 Å². The molecule has 0 aliphatic heterocycles. The van der Waals surface area contributed by atoms with Gasteiger partial charge < -0.3 is 0 Å². The van der Waals surface area contributed by atoms with Crippen LogP contribution in [0.2, 0.25) is 10.0 Å². The van der Waals surface area contributed by atoms with E-state index in [0.29, 0.717) is 21.6 Å². The molecule has 0 saturated heterocycles. The van der Waals surface area contributed by atoms with Gasteiger partial charge in [0.2, 0.25) is 5.82 Å². The minimum absolute atomic E-state index is 0.469. The summed E-state index contributed by atoms with van der Waals surface area (Å²) in [6.07, 6.45) is 1.69. The molecule has 0 saturated carbocycles. The van der Waals surface area contributed by atoms with Gasteiger partial charge in [-0.3, -0.25) is 4.98 Å². The third kappa shape index (κ3) is 3.38. The fourth-order valence-corrected chi connectivity index (χ4v) is 2.98. The molecule has 4 rings (SSSR count). The Hall–Kier alpha value is -2.76. The van der Waals surface area contributed by atoms with Crippen LogP contribution in [-0.2, 0) is 0 Å². The standard InChI is InChI=1S/C18H11Cl2N5/c19-14-8-13(9-15(20)11-14)12-4-3-5-16(10-12)25-23-18(22-24-25)17-6-1-2-7-21-17/h1-11H. The molecule has 0 amide bonds. The van der Waals surface area contributed by atoms with Crippen molar-refractivity contribution in [2.45, 2.75) is 0 Å². The van der Waals surface area contributed by atoms with Crippen molar-refractivity contribution in [2.24, 2.45) is 0 Å². The molecule has 122 valence electrons. The summed E-state index contributed by atoms with van der Waals surface area (Å²) in [6, 6.07) is 18.7. The van der Waals surface area contributed by atoms with E-state index in [1.807, 2.05) is 54.6 Å². The second-order valence-electron chi connectivity index (χ2n) is 5.33. The summed E-state index contributed by atoms with van der Waals surface area (Å²) in [5.41, 5.74) is 3.33. The Morgan fingerprint density at radius 1 is 0.800 bits per heavy atom. The van der Waals surface area contributed by atoms with Crippen molar-refractivity contribution in [1.82, 2.24) is 25.2 Å². The number of tetrazole rings is 1. The van der Waals surface area contributed by atoms with Gasteiger partial charge in [0, 0.05) is 16.2 Å². The molecule has 7 heteroatoms. The average Bonchev–Trinajstić information content (AvgIpc) is 3.12. The Balaban J connectivity index is 1.72. The maximum atomic E-state index is 6.10. The predicted molar refractivity (Wildman–Crippen MR) is 97.8 cm³/mol. The molecule has 2 aromatic carbocycles. The van der Waals surface area contributed by atoms with Crippen molar-refractivity contribution >= 4 is 23.2 Å². The summed E-state index contributed by atoms with van der Waals surface area (Å²) in [7, 11) is 0. The second kappa shape index (κ2) is 6.63. The highest BCUT2D eigenvalue weighted by molar-refractivity contribution is 6.35. The summed E-state index contributed by atoms with van der Waals surface area (Å²) in [4.78, 5) is 5.70. The summed E-state index contributed by atoms with van der Waals surface area (Å²) < 4.78 is 0. The van der Waals surface area contributed by atoms with Gasteiger partial charge in [-0.25, -0.2) is 0 Å². The van der Waals surface area contributed by atoms with Gasteiger partial charge in [-0.05, 0) is 58.8 Å². The topological polar surface area (TPSA) is 56.5 Å². The molecule has 2 heterocycles. The first-order chi connectivity index (χ1) is 12.2. The van der Waals surface area contributed by atoms with E-state index in [-0.39, 0.29) is 0 Å². The summed E-state index contributed by atoms with van der Waals surface area (Å²) >= 11 is 12.2. The van der Waals surface area contributed by atoms with Crippen LogP contribution in [-0.4, -0.2) is 25.2 Å². The monoisotopic (exact) mass is 367 g/mol. The Bertz CT molecular complexity index is 1010. The van der Waals surface area contributed by atoms with E-state index in [2.05, 4.69) is 20.4 Å². The van der Waals surface area contributed by atoms with E-state index in [0.717, 1.165) is 16.8 Å². The Morgan fingerprint density at radius 2 is 1.64 bits per heavy atom. The zero-order valence-electron chi connectivity index (χ0n) is 12.8. The number of hydrogen-bond donors (Lipinski definition) is 0. The van der Waals surface area contributed by atoms with Crippen LogP contribution >= 0.6 is 23.2 Å². The van der Waals surface area contributed by atoms with Crippen molar-refractivity contribution in [3.63, 3.8) is 0 Å². The SMILES string of the molecule is Clc1cc(Cl)cc(-c2cccc(-n3nnc(-c4ccccn4)n3)c2)c1. The van der Waals surface area contributed by atoms with Gasteiger partial charge in [-0.1, -0.05) is 41.4 Å². The van der Waals surface area contributed by atoms with Gasteiger partial charge >= 0.3 is 0 Å². The maximum Gasteiger partial charge on any atom is 0.223 e. The van der Waals surface area contributed by atoms with Crippen LogP contribution in [0.4, 0.5) is 0 Å². The van der Waals surface area contributed by atoms with E-state index in [1.54, 1.807) is 12.3 Å². The lowest BCUT2D eigenvalue weighted by molar-refractivity contribution is 0.720. The Labute approximate surface area is 153 Å². The molecular formula is C18H11Cl2N5. The van der Waals surface area contributed by atoms with Gasteiger partial charge in [-0.2, -0.15) is 0 Å².